The van der Waals surface area contributed by atoms with E-state index in [0.717, 1.165) is 46.9 Å². The molecular weight excluding hydrogens is 374 g/mol. The third-order valence-corrected chi connectivity index (χ3v) is 5.83. The van der Waals surface area contributed by atoms with E-state index in [4.69, 9.17) is 19.4 Å². The van der Waals surface area contributed by atoms with E-state index in [1.165, 1.54) is 10.4 Å². The first kappa shape index (κ1) is 17.0. The van der Waals surface area contributed by atoms with Gasteiger partial charge in [-0.05, 0) is 36.6 Å². The lowest BCUT2D eigenvalue weighted by molar-refractivity contribution is 0.174. The van der Waals surface area contributed by atoms with Crippen molar-refractivity contribution in [2.45, 2.75) is 19.8 Å². The van der Waals surface area contributed by atoms with Gasteiger partial charge >= 0.3 is 0 Å². The van der Waals surface area contributed by atoms with E-state index in [9.17, 15) is 0 Å². The third kappa shape index (κ3) is 3.16. The summed E-state index contributed by atoms with van der Waals surface area (Å²) in [7, 11) is 0. The molecule has 7 nitrogen and oxygen atoms in total. The SMILES string of the molecule is CCc1cc2c(NCCc3ccc4c(c3)OCO4)nc(-n3ccnc3)nc2s1. The van der Waals surface area contributed by atoms with Gasteiger partial charge in [-0.1, -0.05) is 13.0 Å². The molecule has 4 heterocycles. The van der Waals surface area contributed by atoms with Crippen LogP contribution in [0.2, 0.25) is 0 Å². The van der Waals surface area contributed by atoms with Crippen molar-refractivity contribution in [2.24, 2.45) is 0 Å². The summed E-state index contributed by atoms with van der Waals surface area (Å²) in [6.07, 6.45) is 7.13. The second-order valence-electron chi connectivity index (χ2n) is 6.49. The molecule has 142 valence electrons. The fourth-order valence-corrected chi connectivity index (χ4v) is 4.15. The number of imidazole rings is 1. The first-order valence-corrected chi connectivity index (χ1v) is 10.0. The fraction of sp³-hybridized carbons (Fsp3) is 0.250. The van der Waals surface area contributed by atoms with Gasteiger partial charge in [-0.3, -0.25) is 4.57 Å². The number of nitrogens with zero attached hydrogens (tertiary/aromatic N) is 4. The zero-order chi connectivity index (χ0) is 18.9. The molecule has 1 aromatic carbocycles. The summed E-state index contributed by atoms with van der Waals surface area (Å²) < 4.78 is 12.7. The van der Waals surface area contributed by atoms with Crippen molar-refractivity contribution >= 4 is 27.4 Å². The maximum absolute atomic E-state index is 5.46. The molecule has 0 atom stereocenters. The molecule has 0 radical (unpaired) electrons. The lowest BCUT2D eigenvalue weighted by atomic mass is 10.1. The molecule has 1 aliphatic rings. The second kappa shape index (κ2) is 7.12. The molecule has 28 heavy (non-hydrogen) atoms. The molecule has 3 aromatic heterocycles. The summed E-state index contributed by atoms with van der Waals surface area (Å²) in [4.78, 5) is 15.8. The molecule has 0 saturated carbocycles. The third-order valence-electron chi connectivity index (χ3n) is 4.66. The lowest BCUT2D eigenvalue weighted by Crippen LogP contribution is -2.09. The van der Waals surface area contributed by atoms with E-state index in [-0.39, 0.29) is 0 Å². The van der Waals surface area contributed by atoms with Gasteiger partial charge in [0.25, 0.3) is 0 Å². The molecule has 4 aromatic rings. The normalized spacial score (nSPS) is 12.6. The van der Waals surface area contributed by atoms with Gasteiger partial charge in [0.05, 0.1) is 5.39 Å². The Hall–Kier alpha value is -3.13. The van der Waals surface area contributed by atoms with Crippen LogP contribution in [0, 0.1) is 0 Å². The molecule has 0 bridgehead atoms. The number of benzene rings is 1. The van der Waals surface area contributed by atoms with Crippen molar-refractivity contribution in [2.75, 3.05) is 18.7 Å². The molecule has 1 N–H and O–H groups in total. The van der Waals surface area contributed by atoms with Gasteiger partial charge in [-0.2, -0.15) is 4.98 Å². The largest absolute Gasteiger partial charge is 0.454 e. The van der Waals surface area contributed by atoms with Crippen LogP contribution in [0.4, 0.5) is 5.82 Å². The lowest BCUT2D eigenvalue weighted by Gasteiger charge is -2.09. The Bertz CT molecular complexity index is 1120. The minimum absolute atomic E-state index is 0.297. The van der Waals surface area contributed by atoms with Gasteiger partial charge in [0.1, 0.15) is 17.0 Å². The number of anilines is 1. The highest BCUT2D eigenvalue weighted by atomic mass is 32.1. The fourth-order valence-electron chi connectivity index (χ4n) is 3.18. The highest BCUT2D eigenvalue weighted by molar-refractivity contribution is 7.18. The van der Waals surface area contributed by atoms with Crippen LogP contribution in [0.15, 0.2) is 43.0 Å². The maximum atomic E-state index is 5.46. The van der Waals surface area contributed by atoms with Crippen LogP contribution >= 0.6 is 11.3 Å². The van der Waals surface area contributed by atoms with Crippen LogP contribution in [0.5, 0.6) is 11.5 Å². The van der Waals surface area contributed by atoms with E-state index in [2.05, 4.69) is 29.4 Å². The van der Waals surface area contributed by atoms with E-state index < -0.39 is 0 Å². The molecule has 0 saturated heterocycles. The summed E-state index contributed by atoms with van der Waals surface area (Å²) in [6, 6.07) is 8.25. The van der Waals surface area contributed by atoms with Crippen molar-refractivity contribution in [3.8, 4) is 17.4 Å². The van der Waals surface area contributed by atoms with Crippen molar-refractivity contribution in [1.82, 2.24) is 19.5 Å². The first-order chi connectivity index (χ1) is 13.8. The Labute approximate surface area is 166 Å². The minimum Gasteiger partial charge on any atom is -0.454 e. The Morgan fingerprint density at radius 3 is 2.96 bits per heavy atom. The van der Waals surface area contributed by atoms with Gasteiger partial charge in [0.15, 0.2) is 11.5 Å². The molecular formula is C20H19N5O2S. The monoisotopic (exact) mass is 393 g/mol. The summed E-state index contributed by atoms with van der Waals surface area (Å²) in [5.74, 6) is 3.10. The average molecular weight is 393 g/mol. The average Bonchev–Trinajstić information content (AvgIpc) is 3.46. The summed E-state index contributed by atoms with van der Waals surface area (Å²) >= 11 is 1.71. The van der Waals surface area contributed by atoms with Crippen molar-refractivity contribution < 1.29 is 9.47 Å². The molecule has 0 aliphatic carbocycles. The van der Waals surface area contributed by atoms with Crippen LogP contribution in [-0.2, 0) is 12.8 Å². The van der Waals surface area contributed by atoms with E-state index in [1.807, 2.05) is 22.9 Å². The van der Waals surface area contributed by atoms with E-state index in [1.54, 1.807) is 23.9 Å². The number of aryl methyl sites for hydroxylation is 1. The number of aromatic nitrogens is 4. The van der Waals surface area contributed by atoms with Crippen LogP contribution in [0.3, 0.4) is 0 Å². The van der Waals surface area contributed by atoms with Gasteiger partial charge in [0, 0.05) is 23.8 Å². The molecule has 0 unspecified atom stereocenters. The Morgan fingerprint density at radius 1 is 1.18 bits per heavy atom. The smallest absolute Gasteiger partial charge is 0.238 e. The predicted octanol–water partition coefficient (Wildman–Crippen LogP) is 3.82. The van der Waals surface area contributed by atoms with E-state index in [0.29, 0.717) is 12.7 Å². The molecule has 5 rings (SSSR count). The van der Waals surface area contributed by atoms with Crippen molar-refractivity contribution in [3.63, 3.8) is 0 Å². The number of fused-ring (bicyclic) bond motifs is 2. The Balaban J connectivity index is 1.40. The summed E-state index contributed by atoms with van der Waals surface area (Å²) in [6.45, 7) is 3.21. The zero-order valence-corrected chi connectivity index (χ0v) is 16.2. The Kier molecular flexibility index (Phi) is 4.32. The Morgan fingerprint density at radius 2 is 2.11 bits per heavy atom. The molecule has 8 heteroatoms. The van der Waals surface area contributed by atoms with Crippen LogP contribution in [0.1, 0.15) is 17.4 Å². The highest BCUT2D eigenvalue weighted by Crippen LogP contribution is 2.33. The van der Waals surface area contributed by atoms with Crippen LogP contribution in [0.25, 0.3) is 16.2 Å². The summed E-state index contributed by atoms with van der Waals surface area (Å²) in [5, 5.41) is 4.56. The van der Waals surface area contributed by atoms with Crippen molar-refractivity contribution in [3.05, 3.63) is 53.4 Å². The number of ether oxygens (including phenoxy) is 2. The topological polar surface area (TPSA) is 74.1 Å². The van der Waals surface area contributed by atoms with Crippen molar-refractivity contribution in [1.29, 1.82) is 0 Å². The maximum Gasteiger partial charge on any atom is 0.238 e. The molecule has 0 spiro atoms. The number of nitrogens with one attached hydrogen (secondary N) is 1. The van der Waals surface area contributed by atoms with Crippen LogP contribution in [-0.4, -0.2) is 32.9 Å². The number of hydrogen-bond acceptors (Lipinski definition) is 7. The van der Waals surface area contributed by atoms with Gasteiger partial charge in [0.2, 0.25) is 12.7 Å². The molecule has 0 fully saturated rings. The highest BCUT2D eigenvalue weighted by Gasteiger charge is 2.14. The standard InChI is InChI=1S/C20H19N5O2S/c1-2-14-10-15-18(23-20(24-19(15)28-14)25-8-7-21-11-25)22-6-5-13-3-4-16-17(9-13)27-12-26-16/h3-4,7-11H,2,5-6,12H2,1H3,(H,22,23,24). The second-order valence-corrected chi connectivity index (χ2v) is 7.61. The molecule has 1 aliphatic heterocycles. The number of rotatable bonds is 6. The van der Waals surface area contributed by atoms with E-state index >= 15 is 0 Å². The molecule has 0 amide bonds. The van der Waals surface area contributed by atoms with Gasteiger partial charge < -0.3 is 14.8 Å². The number of hydrogen-bond donors (Lipinski definition) is 1. The number of thiophene rings is 1. The minimum atomic E-state index is 0.297. The quantitative estimate of drug-likeness (QED) is 0.537. The van der Waals surface area contributed by atoms with Crippen LogP contribution < -0.4 is 14.8 Å². The summed E-state index contributed by atoms with van der Waals surface area (Å²) in [5.41, 5.74) is 1.19. The zero-order valence-electron chi connectivity index (χ0n) is 15.4. The van der Waals surface area contributed by atoms with Gasteiger partial charge in [-0.15, -0.1) is 11.3 Å². The first-order valence-electron chi connectivity index (χ1n) is 9.21. The van der Waals surface area contributed by atoms with Gasteiger partial charge in [-0.25, -0.2) is 9.97 Å². The predicted molar refractivity (Wildman–Crippen MR) is 109 cm³/mol.